The number of guanidine groups is 1. The minimum Gasteiger partial charge on any atom is -0.391 e. The van der Waals surface area contributed by atoms with Crippen LogP contribution >= 0.6 is 0 Å². The second-order valence-electron chi connectivity index (χ2n) is 9.20. The molecular formula is C24H39N8O5+. The number of nitrogens with two attached hydrogens (primary N) is 4. The molecule has 1 aromatic carbocycles. The zero-order valence-electron chi connectivity index (χ0n) is 21.1. The molecule has 204 valence electrons. The van der Waals surface area contributed by atoms with E-state index in [0.29, 0.717) is 38.8 Å². The molecular weight excluding hydrogens is 480 g/mol. The van der Waals surface area contributed by atoms with Gasteiger partial charge in [-0.1, -0.05) is 30.3 Å². The number of hydrogen-bond acceptors (Lipinski definition) is 6. The van der Waals surface area contributed by atoms with Gasteiger partial charge in [0.25, 0.3) is 0 Å². The molecule has 4 amide bonds. The summed E-state index contributed by atoms with van der Waals surface area (Å²) < 4.78 is 0. The van der Waals surface area contributed by atoms with Crippen molar-refractivity contribution in [2.75, 3.05) is 13.1 Å². The first kappa shape index (κ1) is 29.5. The van der Waals surface area contributed by atoms with Crippen molar-refractivity contribution in [2.24, 2.45) is 22.9 Å². The third-order valence-corrected chi connectivity index (χ3v) is 6.17. The molecule has 0 spiro atoms. The Kier molecular flexibility index (Phi) is 11.3. The molecule has 0 aliphatic carbocycles. The van der Waals surface area contributed by atoms with Crippen molar-refractivity contribution in [3.63, 3.8) is 0 Å². The Morgan fingerprint density at radius 3 is 2.41 bits per heavy atom. The Morgan fingerprint density at radius 2 is 1.81 bits per heavy atom. The number of nitrogens with one attached hydrogen (secondary N) is 3. The summed E-state index contributed by atoms with van der Waals surface area (Å²) in [6.07, 6.45) is 0.679. The van der Waals surface area contributed by atoms with E-state index in [1.807, 2.05) is 30.3 Å². The van der Waals surface area contributed by atoms with Crippen LogP contribution in [0.25, 0.3) is 0 Å². The number of carbonyl (C=O) groups is 4. The van der Waals surface area contributed by atoms with Gasteiger partial charge in [-0.2, -0.15) is 0 Å². The number of aliphatic hydroxyl groups is 1. The van der Waals surface area contributed by atoms with Crippen LogP contribution in [0.2, 0.25) is 0 Å². The molecule has 37 heavy (non-hydrogen) atoms. The maximum atomic E-state index is 13.2. The van der Waals surface area contributed by atoms with E-state index in [9.17, 15) is 24.3 Å². The molecule has 12 N–H and O–H groups in total. The van der Waals surface area contributed by atoms with Gasteiger partial charge in [0.15, 0.2) is 0 Å². The minimum absolute atomic E-state index is 0.0138. The van der Waals surface area contributed by atoms with Crippen molar-refractivity contribution in [3.8, 4) is 0 Å². The molecule has 2 rings (SSSR count). The van der Waals surface area contributed by atoms with Crippen LogP contribution in [-0.4, -0.2) is 83.0 Å². The van der Waals surface area contributed by atoms with E-state index < -0.39 is 48.0 Å². The molecule has 0 aromatic heterocycles. The van der Waals surface area contributed by atoms with Crippen LogP contribution in [0.15, 0.2) is 30.3 Å². The highest BCUT2D eigenvalue weighted by atomic mass is 16.3. The highest BCUT2D eigenvalue weighted by Crippen LogP contribution is 2.19. The van der Waals surface area contributed by atoms with Crippen LogP contribution in [0.4, 0.5) is 0 Å². The number of primary amides is 1. The molecule has 1 aromatic rings. The van der Waals surface area contributed by atoms with Gasteiger partial charge in [-0.15, -0.1) is 0 Å². The quantitative estimate of drug-likeness (QED) is 0.0717. The lowest BCUT2D eigenvalue weighted by Crippen LogP contribution is -2.78. The van der Waals surface area contributed by atoms with Crippen LogP contribution in [0.5, 0.6) is 0 Å². The standard InChI is InChI=1S/C24H38N8O5/c1-14(33)19(20(26)34)31-21(35)17(9-5-11-29-24(27)28)30-22(36)18-10-6-12-32(18)23(37)16(25)13-15-7-3-2-4-8-15/h2-4,7-8,14,16-19,33H,5-6,9-13,25H2,1H3,(H2,26,34)(H,30,36)(H,31,35)(H4,27,28,29)/p+1/t14-,16+,17+,18-,19+/m0/s1. The van der Waals surface area contributed by atoms with Crippen LogP contribution < -0.4 is 38.6 Å². The van der Waals surface area contributed by atoms with Crippen LogP contribution in [-0.2, 0) is 25.6 Å². The number of benzene rings is 1. The maximum Gasteiger partial charge on any atom is 0.338 e. The smallest absolute Gasteiger partial charge is 0.338 e. The van der Waals surface area contributed by atoms with E-state index in [0.717, 1.165) is 5.56 Å². The average molecular weight is 520 g/mol. The second-order valence-corrected chi connectivity index (χ2v) is 9.20. The summed E-state index contributed by atoms with van der Waals surface area (Å²) in [5.41, 5.74) is 23.1. The van der Waals surface area contributed by atoms with Crippen molar-refractivity contribution < 1.29 is 29.3 Å². The Morgan fingerprint density at radius 1 is 1.14 bits per heavy atom. The molecule has 1 saturated heterocycles. The number of rotatable bonds is 13. The summed E-state index contributed by atoms with van der Waals surface area (Å²) in [4.78, 5) is 55.1. The lowest BCUT2D eigenvalue weighted by Gasteiger charge is -2.29. The molecule has 1 fully saturated rings. The monoisotopic (exact) mass is 519 g/mol. The zero-order valence-corrected chi connectivity index (χ0v) is 21.1. The fraction of sp³-hybridized carbons (Fsp3) is 0.542. The molecule has 1 aliphatic heterocycles. The maximum absolute atomic E-state index is 13.2. The summed E-state index contributed by atoms with van der Waals surface area (Å²) in [6.45, 7) is 2.02. The van der Waals surface area contributed by atoms with Gasteiger partial charge < -0.3 is 32.1 Å². The predicted molar refractivity (Wildman–Crippen MR) is 136 cm³/mol. The Bertz CT molecular complexity index is 967. The molecule has 0 saturated carbocycles. The zero-order chi connectivity index (χ0) is 27.5. The summed E-state index contributed by atoms with van der Waals surface area (Å²) in [7, 11) is 0. The molecule has 0 bridgehead atoms. The van der Waals surface area contributed by atoms with E-state index in [1.54, 1.807) is 0 Å². The van der Waals surface area contributed by atoms with Crippen molar-refractivity contribution in [1.82, 2.24) is 15.5 Å². The van der Waals surface area contributed by atoms with Crippen molar-refractivity contribution in [2.45, 2.75) is 69.3 Å². The minimum atomic E-state index is -1.33. The number of nitrogens with zero attached hydrogens (tertiary/aromatic N) is 1. The summed E-state index contributed by atoms with van der Waals surface area (Å²) in [6, 6.07) is 5.34. The summed E-state index contributed by atoms with van der Waals surface area (Å²) in [5, 5.41) is 14.9. The Hall–Kier alpha value is -3.71. The van der Waals surface area contributed by atoms with Gasteiger partial charge in [-0.25, -0.2) is 0 Å². The van der Waals surface area contributed by atoms with Gasteiger partial charge >= 0.3 is 5.96 Å². The van der Waals surface area contributed by atoms with E-state index in [1.165, 1.54) is 11.8 Å². The van der Waals surface area contributed by atoms with Gasteiger partial charge in [-0.3, -0.25) is 35.6 Å². The van der Waals surface area contributed by atoms with E-state index >= 15 is 0 Å². The molecule has 13 nitrogen and oxygen atoms in total. The number of likely N-dealkylation sites (tertiary alicyclic amines) is 1. The van der Waals surface area contributed by atoms with Crippen molar-refractivity contribution >= 4 is 29.6 Å². The predicted octanol–water partition coefficient (Wildman–Crippen LogP) is -4.48. The lowest BCUT2D eigenvalue weighted by molar-refractivity contribution is -0.459. The summed E-state index contributed by atoms with van der Waals surface area (Å²) in [5.74, 6) is -2.45. The number of amides is 4. The first-order chi connectivity index (χ1) is 17.5. The van der Waals surface area contributed by atoms with Crippen molar-refractivity contribution in [3.05, 3.63) is 35.9 Å². The topological polar surface area (TPSA) is 234 Å². The number of aliphatic hydroxyl groups excluding tert-OH is 1. The highest BCUT2D eigenvalue weighted by molar-refractivity contribution is 5.95. The first-order valence-corrected chi connectivity index (χ1v) is 12.3. The largest absolute Gasteiger partial charge is 0.391 e. The van der Waals surface area contributed by atoms with Gasteiger partial charge in [0.2, 0.25) is 23.6 Å². The van der Waals surface area contributed by atoms with Gasteiger partial charge in [0, 0.05) is 6.54 Å². The van der Waals surface area contributed by atoms with Crippen LogP contribution in [0, 0.1) is 0 Å². The van der Waals surface area contributed by atoms with Crippen LogP contribution in [0.1, 0.15) is 38.2 Å². The molecule has 13 heteroatoms. The third kappa shape index (κ3) is 9.03. The SMILES string of the molecule is C[C@H](O)[C@@H](NC(=O)[C@@H](CCC[NH+]=C(N)N)NC(=O)[C@@H]1CCCN1C(=O)[C@H](N)Cc1ccccc1)C(N)=O. The fourth-order valence-electron chi connectivity index (χ4n) is 4.23. The van der Waals surface area contributed by atoms with Gasteiger partial charge in [-0.05, 0) is 44.6 Å². The van der Waals surface area contributed by atoms with Crippen molar-refractivity contribution in [1.29, 1.82) is 0 Å². The van der Waals surface area contributed by atoms with Gasteiger partial charge in [0.05, 0.1) is 18.7 Å². The molecule has 0 radical (unpaired) electrons. The number of hydrogen-bond donors (Lipinski definition) is 8. The molecule has 1 heterocycles. The molecule has 1 aliphatic rings. The normalized spacial score (nSPS) is 18.2. The molecule has 5 atom stereocenters. The Labute approximate surface area is 216 Å². The second kappa shape index (κ2) is 14.1. The molecule has 0 unspecified atom stereocenters. The average Bonchev–Trinajstić information content (AvgIpc) is 3.33. The van der Waals surface area contributed by atoms with E-state index in [4.69, 9.17) is 22.9 Å². The fourth-order valence-corrected chi connectivity index (χ4v) is 4.23. The van der Waals surface area contributed by atoms with E-state index in [-0.39, 0.29) is 18.3 Å². The third-order valence-electron chi connectivity index (χ3n) is 6.17. The number of carbonyl (C=O) groups excluding carboxylic acids is 4. The van der Waals surface area contributed by atoms with Crippen LogP contribution in [0.3, 0.4) is 0 Å². The van der Waals surface area contributed by atoms with Gasteiger partial charge in [0.1, 0.15) is 18.1 Å². The Balaban J connectivity index is 2.10. The highest BCUT2D eigenvalue weighted by Gasteiger charge is 2.38. The van der Waals surface area contributed by atoms with E-state index in [2.05, 4.69) is 15.6 Å². The first-order valence-electron chi connectivity index (χ1n) is 12.3. The lowest BCUT2D eigenvalue weighted by atomic mass is 10.0. The summed E-state index contributed by atoms with van der Waals surface area (Å²) >= 11 is 0.